The van der Waals surface area contributed by atoms with Crippen molar-refractivity contribution in [1.29, 1.82) is 0 Å². The van der Waals surface area contributed by atoms with Gasteiger partial charge in [-0.2, -0.15) is 13.2 Å². The van der Waals surface area contributed by atoms with Crippen molar-refractivity contribution in [2.24, 2.45) is 5.92 Å². The number of aromatic nitrogens is 1. The summed E-state index contributed by atoms with van der Waals surface area (Å²) in [5, 5.41) is 12.6. The summed E-state index contributed by atoms with van der Waals surface area (Å²) in [4.78, 5) is 32.6. The lowest BCUT2D eigenvalue weighted by atomic mass is 9.95. The summed E-state index contributed by atoms with van der Waals surface area (Å²) >= 11 is 1.72. The van der Waals surface area contributed by atoms with Gasteiger partial charge in [-0.3, -0.25) is 9.78 Å². The lowest BCUT2D eigenvalue weighted by molar-refractivity contribution is -0.192. The zero-order valence-corrected chi connectivity index (χ0v) is 24.2. The Bertz CT molecular complexity index is 1210. The van der Waals surface area contributed by atoms with Crippen LogP contribution in [-0.2, 0) is 29.2 Å². The highest BCUT2D eigenvalue weighted by Crippen LogP contribution is 2.24. The van der Waals surface area contributed by atoms with Gasteiger partial charge in [-0.05, 0) is 74.6 Å². The zero-order chi connectivity index (χ0) is 29.8. The van der Waals surface area contributed by atoms with Gasteiger partial charge in [0.25, 0.3) is 0 Å². The molecule has 41 heavy (non-hydrogen) atoms. The van der Waals surface area contributed by atoms with Crippen molar-refractivity contribution in [1.82, 2.24) is 20.1 Å². The molecule has 1 fully saturated rings. The topological polar surface area (TPSA) is 85.8 Å². The Labute approximate surface area is 243 Å². The number of nitrogens with one attached hydrogen (secondary N) is 1. The molecule has 2 N–H and O–H groups in total. The van der Waals surface area contributed by atoms with Crippen molar-refractivity contribution >= 4 is 23.2 Å². The Hall–Kier alpha value is -3.28. The number of amides is 1. The third-order valence-corrected chi connectivity index (χ3v) is 7.61. The van der Waals surface area contributed by atoms with E-state index < -0.39 is 12.1 Å². The number of carboxylic acids is 1. The molecule has 4 rings (SSSR count). The summed E-state index contributed by atoms with van der Waals surface area (Å²) in [7, 11) is 2.14. The number of carboxylic acid groups (broad SMARTS) is 1. The molecule has 222 valence electrons. The van der Waals surface area contributed by atoms with Gasteiger partial charge in [-0.15, -0.1) is 11.3 Å². The van der Waals surface area contributed by atoms with Gasteiger partial charge in [0, 0.05) is 35.6 Å². The van der Waals surface area contributed by atoms with Gasteiger partial charge < -0.3 is 20.2 Å². The molecule has 11 heteroatoms. The summed E-state index contributed by atoms with van der Waals surface area (Å²) in [6.07, 6.45) is -0.100. The van der Waals surface area contributed by atoms with E-state index in [1.54, 1.807) is 11.3 Å². The summed E-state index contributed by atoms with van der Waals surface area (Å²) in [6, 6.07) is 16.9. The highest BCUT2D eigenvalue weighted by molar-refractivity contribution is 7.09. The minimum atomic E-state index is -5.08. The monoisotopic (exact) mass is 590 g/mol. The van der Waals surface area contributed by atoms with Crippen LogP contribution in [-0.4, -0.2) is 64.6 Å². The van der Waals surface area contributed by atoms with Gasteiger partial charge in [-0.25, -0.2) is 4.79 Å². The van der Waals surface area contributed by atoms with Crippen molar-refractivity contribution in [2.75, 3.05) is 26.7 Å². The average molecular weight is 591 g/mol. The number of thiophene rings is 1. The van der Waals surface area contributed by atoms with E-state index in [-0.39, 0.29) is 5.92 Å². The number of alkyl halides is 3. The van der Waals surface area contributed by atoms with Crippen LogP contribution in [0.3, 0.4) is 0 Å². The minimum absolute atomic E-state index is 0.130. The maximum absolute atomic E-state index is 13.4. The summed E-state index contributed by atoms with van der Waals surface area (Å²) < 4.78 is 31.7. The molecule has 1 amide bonds. The maximum atomic E-state index is 13.4. The van der Waals surface area contributed by atoms with Crippen LogP contribution in [0.2, 0.25) is 0 Å². The standard InChI is InChI=1S/C28H36N4OS.C2HF3O2/c1-3-14-29-18-23-8-11-27(30-19-23)24-9-6-22(7-10-24)20-32(21-26-5-4-17-34-26)28(33)25-12-15-31(2)16-13-25;3-2(4,5)1(6)7/h4-11,17,19,25,29H,3,12-16,18,20-21H2,1-2H3;(H,6,7). The number of aliphatic carboxylic acids is 1. The van der Waals surface area contributed by atoms with E-state index in [1.807, 2.05) is 11.1 Å². The fourth-order valence-corrected chi connectivity index (χ4v) is 5.15. The number of benzene rings is 1. The number of hydrogen-bond donors (Lipinski definition) is 2. The molecule has 1 aliphatic heterocycles. The second-order valence-electron chi connectivity index (χ2n) is 10.1. The third-order valence-electron chi connectivity index (χ3n) is 6.75. The molecule has 0 atom stereocenters. The molecule has 7 nitrogen and oxygen atoms in total. The van der Waals surface area contributed by atoms with E-state index in [0.29, 0.717) is 19.0 Å². The van der Waals surface area contributed by atoms with E-state index in [1.165, 1.54) is 10.4 Å². The fourth-order valence-electron chi connectivity index (χ4n) is 4.43. The molecule has 2 aromatic heterocycles. The Balaban J connectivity index is 0.000000587. The summed E-state index contributed by atoms with van der Waals surface area (Å²) in [6.45, 7) is 7.36. The van der Waals surface area contributed by atoms with Crippen LogP contribution in [0.5, 0.6) is 0 Å². The van der Waals surface area contributed by atoms with E-state index in [9.17, 15) is 18.0 Å². The molecule has 0 unspecified atom stereocenters. The first-order valence-electron chi connectivity index (χ1n) is 13.6. The Kier molecular flexibility index (Phi) is 12.3. The lowest BCUT2D eigenvalue weighted by Gasteiger charge is -2.32. The molecule has 1 aliphatic rings. The molecular weight excluding hydrogens is 553 g/mol. The Morgan fingerprint density at radius 1 is 1.07 bits per heavy atom. The number of nitrogens with zero attached hydrogens (tertiary/aromatic N) is 3. The number of carbonyl (C=O) groups is 2. The van der Waals surface area contributed by atoms with Crippen molar-refractivity contribution < 1.29 is 27.9 Å². The van der Waals surface area contributed by atoms with Crippen LogP contribution >= 0.6 is 11.3 Å². The molecular formula is C30H37F3N4O3S. The molecule has 0 spiro atoms. The van der Waals surface area contributed by atoms with E-state index in [4.69, 9.17) is 9.90 Å². The normalized spacial score (nSPS) is 14.3. The van der Waals surface area contributed by atoms with E-state index in [0.717, 1.165) is 62.3 Å². The molecule has 3 heterocycles. The van der Waals surface area contributed by atoms with Crippen LogP contribution < -0.4 is 5.32 Å². The smallest absolute Gasteiger partial charge is 0.475 e. The molecule has 0 aliphatic carbocycles. The number of carbonyl (C=O) groups excluding carboxylic acids is 1. The van der Waals surface area contributed by atoms with Crippen molar-refractivity contribution in [3.8, 4) is 11.3 Å². The first kappa shape index (κ1) is 32.2. The molecule has 1 saturated heterocycles. The van der Waals surface area contributed by atoms with Gasteiger partial charge in [0.1, 0.15) is 0 Å². The Morgan fingerprint density at radius 2 is 1.73 bits per heavy atom. The van der Waals surface area contributed by atoms with Crippen LogP contribution in [0.25, 0.3) is 11.3 Å². The van der Waals surface area contributed by atoms with Gasteiger partial charge in [0.2, 0.25) is 5.91 Å². The molecule has 1 aromatic carbocycles. The number of rotatable bonds is 10. The van der Waals surface area contributed by atoms with Gasteiger partial charge in [0.05, 0.1) is 12.2 Å². The van der Waals surface area contributed by atoms with Gasteiger partial charge in [0.15, 0.2) is 0 Å². The van der Waals surface area contributed by atoms with Crippen LogP contribution in [0, 0.1) is 5.92 Å². The first-order valence-corrected chi connectivity index (χ1v) is 14.5. The third kappa shape index (κ3) is 10.6. The first-order chi connectivity index (χ1) is 19.6. The lowest BCUT2D eigenvalue weighted by Crippen LogP contribution is -2.40. The average Bonchev–Trinajstić information content (AvgIpc) is 3.47. The van der Waals surface area contributed by atoms with Crippen molar-refractivity contribution in [3.05, 3.63) is 76.1 Å². The van der Waals surface area contributed by atoms with E-state index in [2.05, 4.69) is 83.1 Å². The minimum Gasteiger partial charge on any atom is -0.475 e. The number of halogens is 3. The highest BCUT2D eigenvalue weighted by Gasteiger charge is 2.38. The number of likely N-dealkylation sites (tertiary alicyclic amines) is 1. The van der Waals surface area contributed by atoms with E-state index >= 15 is 0 Å². The van der Waals surface area contributed by atoms with Crippen LogP contribution in [0.15, 0.2) is 60.1 Å². The van der Waals surface area contributed by atoms with Gasteiger partial charge >= 0.3 is 12.1 Å². The fraction of sp³-hybridized carbons (Fsp3) is 0.433. The largest absolute Gasteiger partial charge is 0.490 e. The predicted octanol–water partition coefficient (Wildman–Crippen LogP) is 5.81. The second kappa shape index (κ2) is 15.6. The highest BCUT2D eigenvalue weighted by atomic mass is 32.1. The number of piperidine rings is 1. The van der Waals surface area contributed by atoms with Gasteiger partial charge in [-0.1, -0.05) is 43.3 Å². The SMILES string of the molecule is CCCNCc1ccc(-c2ccc(CN(Cc3cccs3)C(=O)C3CCN(C)CC3)cc2)nc1.O=C(O)C(F)(F)F. The Morgan fingerprint density at radius 3 is 2.27 bits per heavy atom. The number of hydrogen-bond acceptors (Lipinski definition) is 6. The van der Waals surface area contributed by atoms with Crippen LogP contribution in [0.1, 0.15) is 42.2 Å². The maximum Gasteiger partial charge on any atom is 0.490 e. The molecule has 3 aromatic rings. The molecule has 0 bridgehead atoms. The summed E-state index contributed by atoms with van der Waals surface area (Å²) in [5.74, 6) is -2.34. The zero-order valence-electron chi connectivity index (χ0n) is 23.4. The number of pyridine rings is 1. The predicted molar refractivity (Wildman–Crippen MR) is 154 cm³/mol. The summed E-state index contributed by atoms with van der Waals surface area (Å²) in [5.41, 5.74) is 4.43. The molecule has 0 radical (unpaired) electrons. The van der Waals surface area contributed by atoms with Crippen molar-refractivity contribution in [2.45, 2.75) is 52.0 Å². The second-order valence-corrected chi connectivity index (χ2v) is 11.1. The van der Waals surface area contributed by atoms with Crippen LogP contribution in [0.4, 0.5) is 13.2 Å². The molecule has 0 saturated carbocycles. The quantitative estimate of drug-likeness (QED) is 0.290. The van der Waals surface area contributed by atoms with Crippen molar-refractivity contribution in [3.63, 3.8) is 0 Å².